The van der Waals surface area contributed by atoms with Gasteiger partial charge in [0.2, 0.25) is 11.8 Å². The summed E-state index contributed by atoms with van der Waals surface area (Å²) in [6, 6.07) is 7.18. The molecule has 0 radical (unpaired) electrons. The fourth-order valence-corrected chi connectivity index (χ4v) is 3.51. The van der Waals surface area contributed by atoms with Crippen LogP contribution in [0, 0.1) is 11.7 Å². The third-order valence-electron chi connectivity index (χ3n) is 4.92. The van der Waals surface area contributed by atoms with Crippen LogP contribution in [0.2, 0.25) is 0 Å². The molecule has 0 aliphatic carbocycles. The van der Waals surface area contributed by atoms with Gasteiger partial charge in [0.1, 0.15) is 23.5 Å². The lowest BCUT2D eigenvalue weighted by molar-refractivity contribution is -0.140. The highest BCUT2D eigenvalue weighted by Crippen LogP contribution is 2.30. The van der Waals surface area contributed by atoms with Crippen molar-refractivity contribution in [2.75, 3.05) is 6.54 Å². The predicted octanol–water partition coefficient (Wildman–Crippen LogP) is 3.89. The van der Waals surface area contributed by atoms with E-state index >= 15 is 0 Å². The Hall–Kier alpha value is -2.70. The summed E-state index contributed by atoms with van der Waals surface area (Å²) in [4.78, 5) is 27.4. The number of nitrogens with one attached hydrogen (secondary N) is 1. The molecule has 1 aromatic carbocycles. The van der Waals surface area contributed by atoms with Crippen molar-refractivity contribution in [3.05, 3.63) is 53.7 Å². The number of aromatic nitrogens is 1. The first-order valence-corrected chi connectivity index (χ1v) is 10.2. The standard InChI is InChI=1S/C20H24FN3O3.C2H6/c1-13(2)18(17-9-10-23-27-17)20(26)24-11-3-4-16(24)19(25)22-12-14-5-7-15(21)8-6-14;1-2/h5-10,13,16,18H,3-4,11-12H2,1-2H3,(H,22,25);1-2H3. The molecule has 7 heteroatoms. The Bertz CT molecular complexity index is 775. The van der Waals surface area contributed by atoms with E-state index in [9.17, 15) is 14.0 Å². The van der Waals surface area contributed by atoms with Gasteiger partial charge in [0.15, 0.2) is 0 Å². The summed E-state index contributed by atoms with van der Waals surface area (Å²) in [5.74, 6) is -0.532. The molecular formula is C22H30FN3O3. The Kier molecular flexibility index (Phi) is 8.36. The number of carbonyl (C=O) groups is 2. The van der Waals surface area contributed by atoms with Crippen molar-refractivity contribution < 1.29 is 18.5 Å². The van der Waals surface area contributed by atoms with E-state index in [1.165, 1.54) is 18.3 Å². The molecular weight excluding hydrogens is 373 g/mol. The number of halogens is 1. The van der Waals surface area contributed by atoms with E-state index in [0.717, 1.165) is 12.0 Å². The van der Waals surface area contributed by atoms with Crippen molar-refractivity contribution in [2.24, 2.45) is 5.92 Å². The summed E-state index contributed by atoms with van der Waals surface area (Å²) >= 11 is 0. The number of rotatable bonds is 6. The minimum Gasteiger partial charge on any atom is -0.361 e. The highest BCUT2D eigenvalue weighted by atomic mass is 19.1. The molecule has 0 bridgehead atoms. The van der Waals surface area contributed by atoms with Gasteiger partial charge in [-0.3, -0.25) is 9.59 Å². The average molecular weight is 403 g/mol. The van der Waals surface area contributed by atoms with Gasteiger partial charge in [0, 0.05) is 19.2 Å². The first kappa shape index (κ1) is 22.6. The van der Waals surface area contributed by atoms with Gasteiger partial charge in [0.25, 0.3) is 0 Å². The lowest BCUT2D eigenvalue weighted by atomic mass is 9.91. The van der Waals surface area contributed by atoms with E-state index in [4.69, 9.17) is 4.52 Å². The number of benzene rings is 1. The van der Waals surface area contributed by atoms with Crippen molar-refractivity contribution in [3.63, 3.8) is 0 Å². The fourth-order valence-electron chi connectivity index (χ4n) is 3.51. The normalized spacial score (nSPS) is 16.9. The van der Waals surface area contributed by atoms with Crippen molar-refractivity contribution >= 4 is 11.8 Å². The molecule has 29 heavy (non-hydrogen) atoms. The second kappa shape index (κ2) is 10.7. The van der Waals surface area contributed by atoms with Gasteiger partial charge in [-0.25, -0.2) is 4.39 Å². The number of carbonyl (C=O) groups excluding carboxylic acids is 2. The van der Waals surface area contributed by atoms with Crippen molar-refractivity contribution in [2.45, 2.75) is 59.0 Å². The van der Waals surface area contributed by atoms with Crippen LogP contribution in [-0.4, -0.2) is 34.5 Å². The minimum atomic E-state index is -0.498. The summed E-state index contributed by atoms with van der Waals surface area (Å²) < 4.78 is 18.2. The topological polar surface area (TPSA) is 75.4 Å². The molecule has 3 rings (SSSR count). The lowest BCUT2D eigenvalue weighted by Crippen LogP contribution is -2.47. The van der Waals surface area contributed by atoms with Gasteiger partial charge in [-0.2, -0.15) is 0 Å². The van der Waals surface area contributed by atoms with Crippen LogP contribution in [0.15, 0.2) is 41.1 Å². The number of hydrogen-bond acceptors (Lipinski definition) is 4. The summed E-state index contributed by atoms with van der Waals surface area (Å²) in [7, 11) is 0. The number of likely N-dealkylation sites (tertiary alicyclic amines) is 1. The molecule has 2 amide bonds. The van der Waals surface area contributed by atoms with Crippen LogP contribution in [0.25, 0.3) is 0 Å². The van der Waals surface area contributed by atoms with Crippen LogP contribution < -0.4 is 5.32 Å². The second-order valence-electron chi connectivity index (χ2n) is 7.17. The monoisotopic (exact) mass is 403 g/mol. The second-order valence-corrected chi connectivity index (χ2v) is 7.17. The molecule has 1 saturated heterocycles. The zero-order chi connectivity index (χ0) is 21.4. The molecule has 1 aliphatic rings. The Morgan fingerprint density at radius 1 is 1.24 bits per heavy atom. The molecule has 0 spiro atoms. The highest BCUT2D eigenvalue weighted by molar-refractivity contribution is 5.91. The average Bonchev–Trinajstić information content (AvgIpc) is 3.41. The van der Waals surface area contributed by atoms with Gasteiger partial charge < -0.3 is 14.7 Å². The van der Waals surface area contributed by atoms with E-state index in [1.807, 2.05) is 27.7 Å². The van der Waals surface area contributed by atoms with Crippen LogP contribution in [0.4, 0.5) is 4.39 Å². The van der Waals surface area contributed by atoms with Gasteiger partial charge >= 0.3 is 0 Å². The Labute approximate surface area is 171 Å². The first-order chi connectivity index (χ1) is 14.0. The highest BCUT2D eigenvalue weighted by Gasteiger charge is 2.39. The molecule has 1 aliphatic heterocycles. The Balaban J connectivity index is 0.00000145. The SMILES string of the molecule is CC.CC(C)C(C(=O)N1CCCC1C(=O)NCc1ccc(F)cc1)c1ccno1. The summed E-state index contributed by atoms with van der Waals surface area (Å²) in [6.45, 7) is 8.74. The van der Waals surface area contributed by atoms with Gasteiger partial charge in [0.05, 0.1) is 6.20 Å². The fraction of sp³-hybridized carbons (Fsp3) is 0.500. The smallest absolute Gasteiger partial charge is 0.243 e. The maximum absolute atomic E-state index is 13.1. The van der Waals surface area contributed by atoms with Crippen LogP contribution in [0.3, 0.4) is 0 Å². The Morgan fingerprint density at radius 2 is 1.93 bits per heavy atom. The first-order valence-electron chi connectivity index (χ1n) is 10.2. The van der Waals surface area contributed by atoms with E-state index in [0.29, 0.717) is 25.3 Å². The third-order valence-corrected chi connectivity index (χ3v) is 4.92. The maximum atomic E-state index is 13.1. The van der Waals surface area contributed by atoms with E-state index in [2.05, 4.69) is 10.5 Å². The van der Waals surface area contributed by atoms with E-state index in [-0.39, 0.29) is 23.5 Å². The quantitative estimate of drug-likeness (QED) is 0.794. The maximum Gasteiger partial charge on any atom is 0.243 e. The minimum absolute atomic E-state index is 0.0222. The molecule has 1 aromatic heterocycles. The molecule has 1 N–H and O–H groups in total. The van der Waals surface area contributed by atoms with Gasteiger partial charge in [-0.1, -0.05) is 45.0 Å². The summed E-state index contributed by atoms with van der Waals surface area (Å²) in [5.41, 5.74) is 0.808. The van der Waals surface area contributed by atoms with Crippen molar-refractivity contribution in [3.8, 4) is 0 Å². The van der Waals surface area contributed by atoms with Crippen LogP contribution in [0.1, 0.15) is 57.8 Å². The van der Waals surface area contributed by atoms with Gasteiger partial charge in [-0.05, 0) is 36.5 Å². The molecule has 2 atom stereocenters. The van der Waals surface area contributed by atoms with Crippen LogP contribution >= 0.6 is 0 Å². The van der Waals surface area contributed by atoms with E-state index < -0.39 is 12.0 Å². The molecule has 0 saturated carbocycles. The van der Waals surface area contributed by atoms with Crippen molar-refractivity contribution in [1.29, 1.82) is 0 Å². The number of hydrogen-bond donors (Lipinski definition) is 1. The molecule has 2 heterocycles. The summed E-state index contributed by atoms with van der Waals surface area (Å²) in [6.07, 6.45) is 2.93. The lowest BCUT2D eigenvalue weighted by Gasteiger charge is -2.28. The van der Waals surface area contributed by atoms with Crippen LogP contribution in [0.5, 0.6) is 0 Å². The zero-order valence-electron chi connectivity index (χ0n) is 17.5. The van der Waals surface area contributed by atoms with Crippen molar-refractivity contribution in [1.82, 2.24) is 15.4 Å². The molecule has 1 fully saturated rings. The number of nitrogens with zero attached hydrogens (tertiary/aromatic N) is 2. The third kappa shape index (κ3) is 5.65. The van der Waals surface area contributed by atoms with Crippen LogP contribution in [-0.2, 0) is 16.1 Å². The molecule has 158 valence electrons. The Morgan fingerprint density at radius 3 is 2.52 bits per heavy atom. The van der Waals surface area contributed by atoms with E-state index in [1.54, 1.807) is 23.1 Å². The molecule has 2 unspecified atom stereocenters. The predicted molar refractivity (Wildman–Crippen MR) is 108 cm³/mol. The molecule has 2 aromatic rings. The van der Waals surface area contributed by atoms with Gasteiger partial charge in [-0.15, -0.1) is 0 Å². The zero-order valence-corrected chi connectivity index (χ0v) is 17.5. The largest absolute Gasteiger partial charge is 0.361 e. The number of amides is 2. The summed E-state index contributed by atoms with van der Waals surface area (Å²) in [5, 5.41) is 6.56. The molecule has 6 nitrogen and oxygen atoms in total.